The average Bonchev–Trinajstić information content (AvgIpc) is 3.13. The third kappa shape index (κ3) is 3.10. The molecule has 2 amide bonds. The number of rotatable bonds is 2. The van der Waals surface area contributed by atoms with Gasteiger partial charge in [-0.05, 0) is 25.7 Å². The average molecular weight is 354 g/mol. The SMILES string of the molecule is [B]NC(=O)N1CCCC(c2nc3c(cnn3C3CCCCC3)c(=O)[nH]2)C1. The molecular formula is C17H23BN6O2. The molecule has 2 aliphatic rings. The summed E-state index contributed by atoms with van der Waals surface area (Å²) < 4.78 is 1.93. The second-order valence-electron chi connectivity index (χ2n) is 7.30. The van der Waals surface area contributed by atoms with E-state index in [-0.39, 0.29) is 17.5 Å². The summed E-state index contributed by atoms with van der Waals surface area (Å²) in [6, 6.07) is 0.0136. The molecule has 2 aromatic rings. The van der Waals surface area contributed by atoms with Gasteiger partial charge >= 0.3 is 6.03 Å². The van der Waals surface area contributed by atoms with Crippen molar-refractivity contribution in [2.24, 2.45) is 0 Å². The van der Waals surface area contributed by atoms with Crippen LogP contribution < -0.4 is 10.8 Å². The number of hydrogen-bond acceptors (Lipinski definition) is 4. The quantitative estimate of drug-likeness (QED) is 0.801. The molecule has 1 unspecified atom stereocenters. The lowest BCUT2D eigenvalue weighted by Gasteiger charge is -2.32. The fourth-order valence-electron chi connectivity index (χ4n) is 4.22. The number of amides is 2. The molecule has 0 spiro atoms. The number of hydrogen-bond donors (Lipinski definition) is 2. The lowest BCUT2D eigenvalue weighted by molar-refractivity contribution is 0.184. The van der Waals surface area contributed by atoms with Gasteiger partial charge in [-0.1, -0.05) is 19.3 Å². The minimum Gasteiger partial charge on any atom is -0.391 e. The lowest BCUT2D eigenvalue weighted by atomic mass is 9.95. The number of carbonyl (C=O) groups excluding carboxylic acids is 1. The van der Waals surface area contributed by atoms with Crippen molar-refractivity contribution >= 4 is 25.0 Å². The second-order valence-corrected chi connectivity index (χ2v) is 7.30. The van der Waals surface area contributed by atoms with Gasteiger partial charge in [0.1, 0.15) is 11.2 Å². The molecule has 8 nitrogen and oxygen atoms in total. The van der Waals surface area contributed by atoms with E-state index in [0.29, 0.717) is 36.0 Å². The van der Waals surface area contributed by atoms with Crippen LogP contribution in [0.2, 0.25) is 0 Å². The molecule has 0 aromatic carbocycles. The first-order chi connectivity index (χ1) is 12.7. The fraction of sp³-hybridized carbons (Fsp3) is 0.647. The first kappa shape index (κ1) is 17.1. The monoisotopic (exact) mass is 354 g/mol. The highest BCUT2D eigenvalue weighted by molar-refractivity contribution is 6.13. The number of nitrogens with one attached hydrogen (secondary N) is 2. The molecule has 1 atom stereocenters. The predicted octanol–water partition coefficient (Wildman–Crippen LogP) is 1.60. The molecule has 1 saturated carbocycles. The van der Waals surface area contributed by atoms with E-state index in [2.05, 4.69) is 15.3 Å². The van der Waals surface area contributed by atoms with Gasteiger partial charge in [0, 0.05) is 19.0 Å². The molecular weight excluding hydrogens is 331 g/mol. The molecule has 136 valence electrons. The molecule has 4 rings (SSSR count). The van der Waals surface area contributed by atoms with Crippen molar-refractivity contribution in [3.05, 3.63) is 22.4 Å². The number of urea groups is 1. The maximum Gasteiger partial charge on any atom is 0.304 e. The molecule has 3 heterocycles. The van der Waals surface area contributed by atoms with Crippen LogP contribution >= 0.6 is 0 Å². The Bertz CT molecular complexity index is 857. The maximum absolute atomic E-state index is 12.5. The number of H-pyrrole nitrogens is 1. The number of likely N-dealkylation sites (tertiary alicyclic amines) is 1. The van der Waals surface area contributed by atoms with Crippen molar-refractivity contribution in [2.45, 2.75) is 56.9 Å². The summed E-state index contributed by atoms with van der Waals surface area (Å²) in [5.41, 5.74) is 0.503. The highest BCUT2D eigenvalue weighted by atomic mass is 16.2. The van der Waals surface area contributed by atoms with Crippen LogP contribution in [0.3, 0.4) is 0 Å². The smallest absolute Gasteiger partial charge is 0.304 e. The lowest BCUT2D eigenvalue weighted by Crippen LogP contribution is -2.44. The molecule has 2 aromatic heterocycles. The van der Waals surface area contributed by atoms with Gasteiger partial charge in [0.15, 0.2) is 5.65 Å². The Balaban J connectivity index is 1.67. The minimum absolute atomic E-state index is 0.00661. The number of carbonyl (C=O) groups is 1. The van der Waals surface area contributed by atoms with E-state index in [4.69, 9.17) is 13.0 Å². The number of aromatic amines is 1. The zero-order valence-corrected chi connectivity index (χ0v) is 14.8. The van der Waals surface area contributed by atoms with Gasteiger partial charge in [-0.15, -0.1) is 0 Å². The Morgan fingerprint density at radius 3 is 2.81 bits per heavy atom. The van der Waals surface area contributed by atoms with Crippen LogP contribution in [0.4, 0.5) is 4.79 Å². The van der Waals surface area contributed by atoms with Gasteiger partial charge in [-0.2, -0.15) is 5.10 Å². The zero-order chi connectivity index (χ0) is 18.1. The van der Waals surface area contributed by atoms with E-state index < -0.39 is 0 Å². The van der Waals surface area contributed by atoms with Gasteiger partial charge in [0.2, 0.25) is 7.98 Å². The highest BCUT2D eigenvalue weighted by Crippen LogP contribution is 2.30. The number of fused-ring (bicyclic) bond motifs is 1. The summed E-state index contributed by atoms with van der Waals surface area (Å²) >= 11 is 0. The van der Waals surface area contributed by atoms with E-state index in [9.17, 15) is 9.59 Å². The molecule has 1 aliphatic carbocycles. The van der Waals surface area contributed by atoms with E-state index in [1.54, 1.807) is 11.1 Å². The minimum atomic E-state index is -0.301. The topological polar surface area (TPSA) is 95.9 Å². The van der Waals surface area contributed by atoms with Gasteiger partial charge in [0.25, 0.3) is 5.56 Å². The molecule has 9 heteroatoms. The summed E-state index contributed by atoms with van der Waals surface area (Å²) in [5.74, 6) is 0.627. The van der Waals surface area contributed by atoms with Crippen molar-refractivity contribution in [2.75, 3.05) is 13.1 Å². The van der Waals surface area contributed by atoms with Crippen LogP contribution in [-0.2, 0) is 0 Å². The Labute approximate surface area is 152 Å². The standard InChI is InChI=1S/C17H23BN6O2/c18-22-17(26)23-8-4-5-11(10-23)14-20-15-13(16(25)21-14)9-19-24(15)12-6-2-1-3-7-12/h9,11-12H,1-8,10H2,(H,22,26)(H,20,21,25). The third-order valence-electron chi connectivity index (χ3n) is 5.62. The van der Waals surface area contributed by atoms with Gasteiger partial charge in [0.05, 0.1) is 12.2 Å². The van der Waals surface area contributed by atoms with Crippen LogP contribution in [0.5, 0.6) is 0 Å². The molecule has 1 saturated heterocycles. The second kappa shape index (κ2) is 7.13. The molecule has 26 heavy (non-hydrogen) atoms. The van der Waals surface area contributed by atoms with Crippen molar-refractivity contribution < 1.29 is 4.79 Å². The zero-order valence-electron chi connectivity index (χ0n) is 14.8. The number of aromatic nitrogens is 4. The largest absolute Gasteiger partial charge is 0.391 e. The van der Waals surface area contributed by atoms with Crippen molar-refractivity contribution in [3.63, 3.8) is 0 Å². The van der Waals surface area contributed by atoms with Gasteiger partial charge in [-0.25, -0.2) is 9.67 Å². The van der Waals surface area contributed by atoms with Crippen LogP contribution in [-0.4, -0.2) is 51.8 Å². The van der Waals surface area contributed by atoms with E-state index in [1.807, 2.05) is 4.68 Å². The van der Waals surface area contributed by atoms with Gasteiger partial charge < -0.3 is 15.1 Å². The molecule has 0 bridgehead atoms. The Kier molecular flexibility index (Phi) is 4.69. The van der Waals surface area contributed by atoms with Gasteiger partial charge in [-0.3, -0.25) is 9.59 Å². The number of piperidine rings is 1. The van der Waals surface area contributed by atoms with Crippen molar-refractivity contribution in [1.29, 1.82) is 0 Å². The van der Waals surface area contributed by atoms with Crippen LogP contribution in [0.15, 0.2) is 11.0 Å². The first-order valence-corrected chi connectivity index (χ1v) is 9.40. The number of nitrogens with zero attached hydrogens (tertiary/aromatic N) is 4. The summed E-state index contributed by atoms with van der Waals surface area (Å²) in [5, 5.41) is 7.18. The first-order valence-electron chi connectivity index (χ1n) is 9.40. The summed E-state index contributed by atoms with van der Waals surface area (Å²) in [4.78, 5) is 33.7. The summed E-state index contributed by atoms with van der Waals surface area (Å²) in [6.45, 7) is 1.15. The normalized spacial score (nSPS) is 21.8. The van der Waals surface area contributed by atoms with Crippen LogP contribution in [0, 0.1) is 0 Å². The molecule has 2 fully saturated rings. The third-order valence-corrected chi connectivity index (χ3v) is 5.62. The maximum atomic E-state index is 12.5. The van der Waals surface area contributed by atoms with Crippen LogP contribution in [0.25, 0.3) is 11.0 Å². The van der Waals surface area contributed by atoms with Crippen molar-refractivity contribution in [3.8, 4) is 0 Å². The Morgan fingerprint density at radius 1 is 1.23 bits per heavy atom. The van der Waals surface area contributed by atoms with E-state index in [1.165, 1.54) is 19.3 Å². The summed E-state index contributed by atoms with van der Waals surface area (Å²) in [7, 11) is 5.25. The van der Waals surface area contributed by atoms with E-state index in [0.717, 1.165) is 25.7 Å². The molecule has 2 radical (unpaired) electrons. The molecule has 2 N–H and O–H groups in total. The summed E-state index contributed by atoms with van der Waals surface area (Å²) in [6.07, 6.45) is 9.14. The van der Waals surface area contributed by atoms with Crippen molar-refractivity contribution in [1.82, 2.24) is 29.9 Å². The van der Waals surface area contributed by atoms with E-state index >= 15 is 0 Å². The fourth-order valence-corrected chi connectivity index (χ4v) is 4.22. The van der Waals surface area contributed by atoms with Crippen LogP contribution in [0.1, 0.15) is 62.7 Å². The highest BCUT2D eigenvalue weighted by Gasteiger charge is 2.27. The Morgan fingerprint density at radius 2 is 2.04 bits per heavy atom. The molecule has 1 aliphatic heterocycles. The Hall–Kier alpha value is -2.32. The predicted molar refractivity (Wildman–Crippen MR) is 98.1 cm³/mol.